The minimum Gasteiger partial charge on any atom is -0.465 e. The molecular weight excluding hydrogens is 154 g/mol. The van der Waals surface area contributed by atoms with Crippen LogP contribution >= 0.6 is 0 Å². The van der Waals surface area contributed by atoms with E-state index in [4.69, 9.17) is 9.52 Å². The van der Waals surface area contributed by atoms with Gasteiger partial charge in [-0.25, -0.2) is 0 Å². The molecule has 1 unspecified atom stereocenters. The van der Waals surface area contributed by atoms with Crippen molar-refractivity contribution >= 4 is 0 Å². The number of hydrogen-bond donors (Lipinski definition) is 1. The highest BCUT2D eigenvalue weighted by molar-refractivity contribution is 5.09. The molecule has 3 nitrogen and oxygen atoms in total. The van der Waals surface area contributed by atoms with Gasteiger partial charge in [-0.3, -0.25) is 4.90 Å². The van der Waals surface area contributed by atoms with E-state index in [1.54, 1.807) is 0 Å². The average molecular weight is 169 g/mol. The Hall–Kier alpha value is -0.800. The summed E-state index contributed by atoms with van der Waals surface area (Å²) in [6.07, 6.45) is 0. The number of rotatable bonds is 3. The fraction of sp³-hybridized carbons (Fsp3) is 0.556. The Morgan fingerprint density at radius 3 is 2.50 bits per heavy atom. The molecule has 1 aromatic rings. The number of furan rings is 1. The third kappa shape index (κ3) is 1.87. The largest absolute Gasteiger partial charge is 0.465 e. The lowest BCUT2D eigenvalue weighted by atomic mass is 10.2. The van der Waals surface area contributed by atoms with Crippen LogP contribution in [0.15, 0.2) is 16.5 Å². The Morgan fingerprint density at radius 2 is 2.17 bits per heavy atom. The van der Waals surface area contributed by atoms with Crippen LogP contribution in [0.2, 0.25) is 0 Å². The van der Waals surface area contributed by atoms with E-state index in [0.29, 0.717) is 0 Å². The van der Waals surface area contributed by atoms with E-state index >= 15 is 0 Å². The van der Waals surface area contributed by atoms with Crippen LogP contribution in [0.4, 0.5) is 0 Å². The van der Waals surface area contributed by atoms with Gasteiger partial charge in [0.25, 0.3) is 0 Å². The molecule has 0 fully saturated rings. The maximum atomic E-state index is 9.06. The Bertz CT molecular complexity index is 242. The molecule has 1 aromatic heterocycles. The number of aliphatic hydroxyl groups is 1. The maximum Gasteiger partial charge on any atom is 0.123 e. The molecule has 0 amide bonds. The summed E-state index contributed by atoms with van der Waals surface area (Å²) in [5, 5.41) is 9.06. The third-order valence-corrected chi connectivity index (χ3v) is 1.89. The molecule has 0 saturated carbocycles. The lowest BCUT2D eigenvalue weighted by Gasteiger charge is -2.19. The zero-order valence-corrected chi connectivity index (χ0v) is 7.74. The fourth-order valence-corrected chi connectivity index (χ4v) is 1.14. The highest BCUT2D eigenvalue weighted by Crippen LogP contribution is 2.19. The topological polar surface area (TPSA) is 36.6 Å². The first-order valence-corrected chi connectivity index (χ1v) is 3.98. The maximum absolute atomic E-state index is 9.06. The third-order valence-electron chi connectivity index (χ3n) is 1.89. The van der Waals surface area contributed by atoms with Crippen LogP contribution in [0.5, 0.6) is 0 Å². The van der Waals surface area contributed by atoms with Gasteiger partial charge >= 0.3 is 0 Å². The summed E-state index contributed by atoms with van der Waals surface area (Å²) in [5.74, 6) is 1.70. The van der Waals surface area contributed by atoms with Gasteiger partial charge in [-0.2, -0.15) is 0 Å². The van der Waals surface area contributed by atoms with Crippen LogP contribution in [-0.4, -0.2) is 30.7 Å². The summed E-state index contributed by atoms with van der Waals surface area (Å²) < 4.78 is 5.40. The van der Waals surface area contributed by atoms with Gasteiger partial charge in [0.05, 0.1) is 12.6 Å². The number of aryl methyl sites for hydroxylation is 1. The van der Waals surface area contributed by atoms with Crippen molar-refractivity contribution in [2.75, 3.05) is 20.7 Å². The molecule has 0 aliphatic carbocycles. The van der Waals surface area contributed by atoms with Crippen molar-refractivity contribution in [3.63, 3.8) is 0 Å². The second-order valence-corrected chi connectivity index (χ2v) is 3.11. The van der Waals surface area contributed by atoms with Gasteiger partial charge < -0.3 is 9.52 Å². The smallest absolute Gasteiger partial charge is 0.123 e. The number of aliphatic hydroxyl groups excluding tert-OH is 1. The monoisotopic (exact) mass is 169 g/mol. The van der Waals surface area contributed by atoms with Gasteiger partial charge in [-0.15, -0.1) is 0 Å². The molecule has 0 saturated heterocycles. The fourth-order valence-electron chi connectivity index (χ4n) is 1.14. The van der Waals surface area contributed by atoms with Gasteiger partial charge in [-0.1, -0.05) is 0 Å². The molecule has 68 valence electrons. The standard InChI is InChI=1S/C9H15NO2/c1-7-4-5-9(12-7)8(6-11)10(2)3/h4-5,8,11H,6H2,1-3H3. The molecule has 0 aliphatic rings. The first-order valence-electron chi connectivity index (χ1n) is 3.98. The van der Waals surface area contributed by atoms with E-state index in [9.17, 15) is 0 Å². The van der Waals surface area contributed by atoms with E-state index in [1.807, 2.05) is 38.1 Å². The van der Waals surface area contributed by atoms with Gasteiger partial charge in [-0.05, 0) is 33.2 Å². The van der Waals surface area contributed by atoms with Crippen LogP contribution in [0.3, 0.4) is 0 Å². The first kappa shape index (κ1) is 9.29. The average Bonchev–Trinajstić information content (AvgIpc) is 2.37. The molecule has 0 spiro atoms. The Labute approximate surface area is 72.6 Å². The lowest BCUT2D eigenvalue weighted by Crippen LogP contribution is -2.22. The van der Waals surface area contributed by atoms with E-state index in [2.05, 4.69) is 0 Å². The minimum atomic E-state index is -0.0290. The van der Waals surface area contributed by atoms with Gasteiger partial charge in [0, 0.05) is 0 Å². The van der Waals surface area contributed by atoms with Crippen LogP contribution in [-0.2, 0) is 0 Å². The molecule has 1 rings (SSSR count). The van der Waals surface area contributed by atoms with E-state index < -0.39 is 0 Å². The summed E-state index contributed by atoms with van der Waals surface area (Å²) in [4.78, 5) is 1.93. The van der Waals surface area contributed by atoms with Crippen molar-refractivity contribution in [3.8, 4) is 0 Å². The minimum absolute atomic E-state index is 0.0290. The molecule has 0 bridgehead atoms. The van der Waals surface area contributed by atoms with Crippen LogP contribution in [0, 0.1) is 6.92 Å². The molecule has 1 atom stereocenters. The van der Waals surface area contributed by atoms with Gasteiger partial charge in [0.15, 0.2) is 0 Å². The molecule has 3 heteroatoms. The van der Waals surface area contributed by atoms with Crippen molar-refractivity contribution in [1.82, 2.24) is 4.90 Å². The summed E-state index contributed by atoms with van der Waals surface area (Å²) in [6.45, 7) is 1.98. The summed E-state index contributed by atoms with van der Waals surface area (Å²) in [7, 11) is 3.83. The predicted octanol–water partition coefficient (Wildman–Crippen LogP) is 1.18. The number of likely N-dealkylation sites (N-methyl/N-ethyl adjacent to an activating group) is 1. The summed E-state index contributed by atoms with van der Waals surface area (Å²) >= 11 is 0. The normalized spacial score (nSPS) is 13.8. The van der Waals surface area contributed by atoms with Gasteiger partial charge in [0.2, 0.25) is 0 Å². The first-order chi connectivity index (χ1) is 5.65. The highest BCUT2D eigenvalue weighted by atomic mass is 16.3. The van der Waals surface area contributed by atoms with Crippen LogP contribution in [0.1, 0.15) is 17.6 Å². The van der Waals surface area contributed by atoms with Crippen molar-refractivity contribution in [1.29, 1.82) is 0 Å². The van der Waals surface area contributed by atoms with Gasteiger partial charge in [0.1, 0.15) is 11.5 Å². The van der Waals surface area contributed by atoms with Crippen molar-refractivity contribution < 1.29 is 9.52 Å². The number of nitrogens with zero attached hydrogens (tertiary/aromatic N) is 1. The zero-order chi connectivity index (χ0) is 9.14. The molecule has 0 aliphatic heterocycles. The second-order valence-electron chi connectivity index (χ2n) is 3.11. The molecular formula is C9H15NO2. The van der Waals surface area contributed by atoms with Crippen LogP contribution < -0.4 is 0 Å². The highest BCUT2D eigenvalue weighted by Gasteiger charge is 2.15. The molecule has 0 aromatic carbocycles. The molecule has 0 radical (unpaired) electrons. The summed E-state index contributed by atoms with van der Waals surface area (Å²) in [5.41, 5.74) is 0. The zero-order valence-electron chi connectivity index (χ0n) is 7.74. The predicted molar refractivity (Wildman–Crippen MR) is 47.0 cm³/mol. The van der Waals surface area contributed by atoms with E-state index in [1.165, 1.54) is 0 Å². The lowest BCUT2D eigenvalue weighted by molar-refractivity contribution is 0.151. The SMILES string of the molecule is Cc1ccc(C(CO)N(C)C)o1. The van der Waals surface area contributed by atoms with E-state index in [-0.39, 0.29) is 12.6 Å². The van der Waals surface area contributed by atoms with Crippen LogP contribution in [0.25, 0.3) is 0 Å². The molecule has 1 N–H and O–H groups in total. The van der Waals surface area contributed by atoms with E-state index in [0.717, 1.165) is 11.5 Å². The Kier molecular flexibility index (Phi) is 2.89. The van der Waals surface area contributed by atoms with Crippen molar-refractivity contribution in [3.05, 3.63) is 23.7 Å². The second kappa shape index (κ2) is 3.74. The Balaban J connectivity index is 2.80. The summed E-state index contributed by atoms with van der Waals surface area (Å²) in [6, 6.07) is 3.77. The molecule has 12 heavy (non-hydrogen) atoms. The van der Waals surface area contributed by atoms with Crippen molar-refractivity contribution in [2.24, 2.45) is 0 Å². The quantitative estimate of drug-likeness (QED) is 0.738. The Morgan fingerprint density at radius 1 is 1.50 bits per heavy atom. The number of hydrogen-bond acceptors (Lipinski definition) is 3. The molecule has 1 heterocycles. The van der Waals surface area contributed by atoms with Crippen molar-refractivity contribution in [2.45, 2.75) is 13.0 Å².